The van der Waals surface area contributed by atoms with Crippen molar-refractivity contribution in [2.45, 2.75) is 6.42 Å². The van der Waals surface area contributed by atoms with E-state index in [0.29, 0.717) is 6.08 Å². The van der Waals surface area contributed by atoms with Crippen LogP contribution in [-0.4, -0.2) is 36.0 Å². The van der Waals surface area contributed by atoms with Gasteiger partial charge in [-0.25, -0.2) is 0 Å². The number of phenolic OH excluding ortho intramolecular Hbond substituents is 1. The van der Waals surface area contributed by atoms with Gasteiger partial charge in [-0.2, -0.15) is 0 Å². The minimum Gasteiger partial charge on any atom is -0.545 e. The molecule has 7 heteroatoms. The van der Waals surface area contributed by atoms with Crippen LogP contribution in [0.5, 0.6) is 5.75 Å². The van der Waals surface area contributed by atoms with Crippen LogP contribution in [0.4, 0.5) is 0 Å². The highest BCUT2D eigenvalue weighted by Gasteiger charge is 2.03. The lowest BCUT2D eigenvalue weighted by molar-refractivity contribution is -0.297. The Bertz CT molecular complexity index is 537. The number of aromatic hydroxyl groups is 1. The van der Waals surface area contributed by atoms with E-state index >= 15 is 0 Å². The molecule has 21 heavy (non-hydrogen) atoms. The van der Waals surface area contributed by atoms with E-state index in [4.69, 9.17) is 5.11 Å². The number of hydrogen-bond donors (Lipinski definition) is 3. The number of hydrogen-bond acceptors (Lipinski definition) is 5. The van der Waals surface area contributed by atoms with Crippen molar-refractivity contribution in [2.24, 2.45) is 0 Å². The van der Waals surface area contributed by atoms with E-state index in [1.54, 1.807) is 12.1 Å². The van der Waals surface area contributed by atoms with Crippen LogP contribution in [0.25, 0.3) is 0 Å². The van der Waals surface area contributed by atoms with Gasteiger partial charge in [0.2, 0.25) is 11.8 Å². The van der Waals surface area contributed by atoms with Crippen LogP contribution in [0, 0.1) is 0 Å². The third-order valence-corrected chi connectivity index (χ3v) is 2.42. The van der Waals surface area contributed by atoms with E-state index in [1.165, 1.54) is 12.1 Å². The molecule has 7 nitrogen and oxygen atoms in total. The lowest BCUT2D eigenvalue weighted by Crippen LogP contribution is -2.34. The summed E-state index contributed by atoms with van der Waals surface area (Å²) in [5, 5.41) is 24.2. The van der Waals surface area contributed by atoms with E-state index in [1.807, 2.05) is 0 Å². The predicted molar refractivity (Wildman–Crippen MR) is 72.0 cm³/mol. The number of carboxylic acid groups (broad SMARTS) is 1. The fourth-order valence-corrected chi connectivity index (χ4v) is 1.45. The van der Waals surface area contributed by atoms with Crippen molar-refractivity contribution in [3.05, 3.63) is 42.0 Å². The van der Waals surface area contributed by atoms with Crippen molar-refractivity contribution in [2.75, 3.05) is 13.1 Å². The van der Waals surface area contributed by atoms with Crippen LogP contribution in [-0.2, 0) is 20.8 Å². The van der Waals surface area contributed by atoms with Gasteiger partial charge in [0.25, 0.3) is 0 Å². The zero-order chi connectivity index (χ0) is 15.7. The number of carbonyl (C=O) groups excluding carboxylic acids is 3. The average molecular weight is 291 g/mol. The van der Waals surface area contributed by atoms with Gasteiger partial charge < -0.3 is 25.6 Å². The summed E-state index contributed by atoms with van der Waals surface area (Å²) < 4.78 is 0. The Balaban J connectivity index is 2.20. The normalized spacial score (nSPS) is 10.3. The lowest BCUT2D eigenvalue weighted by atomic mass is 10.1. The third kappa shape index (κ3) is 7.36. The SMILES string of the molecule is O=C([O-])/C=C/C(=O)NCCNC(=O)Cc1ccc(O)cc1. The zero-order valence-electron chi connectivity index (χ0n) is 11.2. The molecule has 1 rings (SSSR count). The summed E-state index contributed by atoms with van der Waals surface area (Å²) in [7, 11) is 0. The molecule has 2 amide bonds. The van der Waals surface area contributed by atoms with E-state index in [9.17, 15) is 19.5 Å². The maximum atomic E-state index is 11.6. The van der Waals surface area contributed by atoms with Crippen LogP contribution in [0.1, 0.15) is 5.56 Å². The number of rotatable bonds is 7. The maximum Gasteiger partial charge on any atom is 0.244 e. The topological polar surface area (TPSA) is 119 Å². The first-order valence-electron chi connectivity index (χ1n) is 6.19. The fourth-order valence-electron chi connectivity index (χ4n) is 1.45. The van der Waals surface area contributed by atoms with Crippen LogP contribution < -0.4 is 15.7 Å². The molecule has 0 aliphatic heterocycles. The molecule has 1 aromatic rings. The van der Waals surface area contributed by atoms with Gasteiger partial charge in [0.1, 0.15) is 5.75 Å². The molecular weight excluding hydrogens is 276 g/mol. The van der Waals surface area contributed by atoms with Crippen LogP contribution in [0.2, 0.25) is 0 Å². The Morgan fingerprint density at radius 3 is 2.29 bits per heavy atom. The highest BCUT2D eigenvalue weighted by molar-refractivity contribution is 5.93. The molecule has 0 heterocycles. The second kappa shape index (κ2) is 8.36. The Morgan fingerprint density at radius 1 is 1.05 bits per heavy atom. The van der Waals surface area contributed by atoms with Gasteiger partial charge >= 0.3 is 0 Å². The molecule has 0 aromatic heterocycles. The number of nitrogens with one attached hydrogen (secondary N) is 2. The van der Waals surface area contributed by atoms with Crippen molar-refractivity contribution < 1.29 is 24.6 Å². The molecule has 0 aliphatic carbocycles. The Hall–Kier alpha value is -2.83. The number of aliphatic carboxylic acids is 1. The van der Waals surface area contributed by atoms with Gasteiger partial charge in [0.15, 0.2) is 0 Å². The minimum absolute atomic E-state index is 0.131. The molecule has 0 unspecified atom stereocenters. The average Bonchev–Trinajstić information content (AvgIpc) is 2.44. The number of phenols is 1. The first kappa shape index (κ1) is 16.2. The van der Waals surface area contributed by atoms with Gasteiger partial charge in [-0.1, -0.05) is 12.1 Å². The van der Waals surface area contributed by atoms with Crippen molar-refractivity contribution in [3.8, 4) is 5.75 Å². The number of amides is 2. The van der Waals surface area contributed by atoms with Crippen LogP contribution in [0.3, 0.4) is 0 Å². The predicted octanol–water partition coefficient (Wildman–Crippen LogP) is -1.53. The Kier molecular flexibility index (Phi) is 6.46. The summed E-state index contributed by atoms with van der Waals surface area (Å²) >= 11 is 0. The molecule has 3 N–H and O–H groups in total. The summed E-state index contributed by atoms with van der Waals surface area (Å²) in [6.45, 7) is 0.402. The second-order valence-corrected chi connectivity index (χ2v) is 4.14. The minimum atomic E-state index is -1.45. The van der Waals surface area contributed by atoms with Crippen molar-refractivity contribution in [1.29, 1.82) is 0 Å². The quantitative estimate of drug-likeness (QED) is 0.416. The van der Waals surface area contributed by atoms with E-state index < -0.39 is 11.9 Å². The van der Waals surface area contributed by atoms with Gasteiger partial charge in [-0.15, -0.1) is 0 Å². The van der Waals surface area contributed by atoms with Gasteiger partial charge in [-0.3, -0.25) is 9.59 Å². The van der Waals surface area contributed by atoms with Gasteiger partial charge in [0, 0.05) is 19.2 Å². The Morgan fingerprint density at radius 2 is 1.67 bits per heavy atom. The first-order valence-corrected chi connectivity index (χ1v) is 6.19. The summed E-state index contributed by atoms with van der Waals surface area (Å²) in [4.78, 5) is 32.7. The highest BCUT2D eigenvalue weighted by atomic mass is 16.4. The smallest absolute Gasteiger partial charge is 0.244 e. The monoisotopic (exact) mass is 291 g/mol. The molecule has 0 atom stereocenters. The van der Waals surface area contributed by atoms with Crippen molar-refractivity contribution in [1.82, 2.24) is 10.6 Å². The zero-order valence-corrected chi connectivity index (χ0v) is 11.2. The molecule has 0 aliphatic rings. The van der Waals surface area contributed by atoms with E-state index in [-0.39, 0.29) is 31.2 Å². The van der Waals surface area contributed by atoms with Crippen LogP contribution in [0.15, 0.2) is 36.4 Å². The summed E-state index contributed by atoms with van der Waals surface area (Å²) in [6, 6.07) is 6.27. The molecule has 112 valence electrons. The molecular formula is C14H15N2O5-. The first-order chi connectivity index (χ1) is 9.97. The third-order valence-electron chi connectivity index (χ3n) is 2.42. The molecule has 0 saturated carbocycles. The molecule has 0 bridgehead atoms. The number of carboxylic acids is 1. The summed E-state index contributed by atoms with van der Waals surface area (Å²) in [5.41, 5.74) is 0.756. The van der Waals surface area contributed by atoms with Gasteiger partial charge in [-0.05, 0) is 23.8 Å². The second-order valence-electron chi connectivity index (χ2n) is 4.14. The molecule has 0 saturated heterocycles. The molecule has 0 fully saturated rings. The summed E-state index contributed by atoms with van der Waals surface area (Å²) in [6.07, 6.45) is 1.63. The maximum absolute atomic E-state index is 11.6. The fraction of sp³-hybridized carbons (Fsp3) is 0.214. The largest absolute Gasteiger partial charge is 0.545 e. The van der Waals surface area contributed by atoms with Gasteiger partial charge in [0.05, 0.1) is 12.4 Å². The van der Waals surface area contributed by atoms with E-state index in [0.717, 1.165) is 11.6 Å². The lowest BCUT2D eigenvalue weighted by Gasteiger charge is -2.06. The molecule has 1 aromatic carbocycles. The highest BCUT2D eigenvalue weighted by Crippen LogP contribution is 2.09. The standard InChI is InChI=1S/C14H16N2O5/c17-11-3-1-10(2-4-11)9-13(19)16-8-7-15-12(18)5-6-14(20)21/h1-6,17H,7-9H2,(H,15,18)(H,16,19)(H,20,21)/p-1/b6-5+. The van der Waals surface area contributed by atoms with Crippen molar-refractivity contribution in [3.63, 3.8) is 0 Å². The van der Waals surface area contributed by atoms with Crippen LogP contribution >= 0.6 is 0 Å². The molecule has 0 radical (unpaired) electrons. The summed E-state index contributed by atoms with van der Waals surface area (Å²) in [5.74, 6) is -2.12. The van der Waals surface area contributed by atoms with E-state index in [2.05, 4.69) is 10.6 Å². The Labute approximate surface area is 121 Å². The number of carbonyl (C=O) groups is 3. The molecule has 0 spiro atoms. The van der Waals surface area contributed by atoms with Crippen molar-refractivity contribution >= 4 is 17.8 Å². The number of benzene rings is 1.